The van der Waals surface area contributed by atoms with Gasteiger partial charge >= 0.3 is 0 Å². The van der Waals surface area contributed by atoms with Gasteiger partial charge < -0.3 is 4.74 Å². The molecule has 1 atom stereocenters. The Bertz CT molecular complexity index is 961. The van der Waals surface area contributed by atoms with E-state index in [0.29, 0.717) is 23.3 Å². The third-order valence-electron chi connectivity index (χ3n) is 4.13. The van der Waals surface area contributed by atoms with Crippen molar-refractivity contribution in [1.29, 1.82) is 0 Å². The summed E-state index contributed by atoms with van der Waals surface area (Å²) in [4.78, 5) is 15.9. The van der Waals surface area contributed by atoms with E-state index < -0.39 is 16.9 Å². The highest BCUT2D eigenvalue weighted by Gasteiger charge is 2.22. The average Bonchev–Trinajstić information content (AvgIpc) is 2.69. The molecule has 0 fully saturated rings. The largest absolute Gasteiger partial charge is 0.497 e. The summed E-state index contributed by atoms with van der Waals surface area (Å²) in [6.07, 6.45) is 2.20. The molecule has 3 rings (SSSR count). The Morgan fingerprint density at radius 3 is 2.44 bits per heavy atom. The molecule has 0 amide bonds. The summed E-state index contributed by atoms with van der Waals surface area (Å²) < 4.78 is 33.5. The molecule has 0 saturated carbocycles. The molecule has 1 unspecified atom stereocenters. The number of rotatable bonds is 6. The van der Waals surface area contributed by atoms with Crippen LogP contribution in [0.15, 0.2) is 59.6 Å². The summed E-state index contributed by atoms with van der Waals surface area (Å²) in [5.41, 5.74) is 2.01. The predicted octanol–water partition coefficient (Wildman–Crippen LogP) is 5.37. The topological polar surface area (TPSA) is 39.2 Å². The van der Waals surface area contributed by atoms with Crippen LogP contribution in [0.25, 0.3) is 0 Å². The Morgan fingerprint density at radius 1 is 1.07 bits per heavy atom. The summed E-state index contributed by atoms with van der Waals surface area (Å²) in [7, 11) is 1.58. The van der Waals surface area contributed by atoms with Crippen molar-refractivity contribution in [3.8, 4) is 5.75 Å². The molecule has 6 heteroatoms. The van der Waals surface area contributed by atoms with E-state index in [1.165, 1.54) is 17.8 Å². The van der Waals surface area contributed by atoms with Crippen LogP contribution in [0.5, 0.6) is 5.75 Å². The maximum atomic E-state index is 14.5. The van der Waals surface area contributed by atoms with Crippen LogP contribution in [-0.4, -0.2) is 18.4 Å². The van der Waals surface area contributed by atoms with Crippen molar-refractivity contribution in [2.45, 2.75) is 17.1 Å². The molecule has 138 valence electrons. The third kappa shape index (κ3) is 4.34. The van der Waals surface area contributed by atoms with E-state index in [1.54, 1.807) is 19.4 Å². The molecule has 2 aromatic carbocycles. The van der Waals surface area contributed by atoms with Gasteiger partial charge in [-0.15, -0.1) is 11.8 Å². The number of pyridine rings is 1. The smallest absolute Gasteiger partial charge is 0.168 e. The van der Waals surface area contributed by atoms with E-state index in [-0.39, 0.29) is 5.56 Å². The highest BCUT2D eigenvalue weighted by atomic mass is 32.2. The Labute approximate surface area is 160 Å². The first-order valence-corrected chi connectivity index (χ1v) is 9.07. The number of nitrogens with zero attached hydrogens (tertiary/aromatic N) is 1. The number of thioether (sulfide) groups is 1. The molecule has 0 aliphatic carbocycles. The van der Waals surface area contributed by atoms with Crippen molar-refractivity contribution in [2.24, 2.45) is 0 Å². The number of halogens is 2. The molecule has 0 aliphatic heterocycles. The van der Waals surface area contributed by atoms with Crippen LogP contribution in [0.4, 0.5) is 8.78 Å². The monoisotopic (exact) mass is 385 g/mol. The number of hydrogen-bond acceptors (Lipinski definition) is 4. The summed E-state index contributed by atoms with van der Waals surface area (Å²) in [5, 5.41) is -0.526. The van der Waals surface area contributed by atoms with Gasteiger partial charge in [0.25, 0.3) is 0 Å². The molecule has 27 heavy (non-hydrogen) atoms. The standard InChI is InChI=1S/C21H17F2NO2S/c1-13-9-15(12-25)24-11-19(13)21(18-10-14(22)3-8-20(18)23)27-17-6-4-16(26-2)5-7-17/h3-12,21H,1-2H3. The van der Waals surface area contributed by atoms with E-state index in [2.05, 4.69) is 4.98 Å². The van der Waals surface area contributed by atoms with Gasteiger partial charge in [0.15, 0.2) is 6.29 Å². The molecule has 1 aromatic heterocycles. The lowest BCUT2D eigenvalue weighted by Crippen LogP contribution is -2.05. The summed E-state index contributed by atoms with van der Waals surface area (Å²) in [5.74, 6) is -0.302. The van der Waals surface area contributed by atoms with Gasteiger partial charge in [-0.25, -0.2) is 8.78 Å². The number of ether oxygens (including phenoxy) is 1. The molecule has 1 heterocycles. The van der Waals surface area contributed by atoms with E-state index >= 15 is 0 Å². The van der Waals surface area contributed by atoms with E-state index in [9.17, 15) is 13.6 Å². The second-order valence-electron chi connectivity index (χ2n) is 5.92. The first kappa shape index (κ1) is 19.0. The minimum Gasteiger partial charge on any atom is -0.497 e. The second-order valence-corrected chi connectivity index (χ2v) is 7.10. The molecule has 3 aromatic rings. The lowest BCUT2D eigenvalue weighted by Gasteiger charge is -2.20. The number of methoxy groups -OCH3 is 1. The fourth-order valence-corrected chi connectivity index (χ4v) is 3.97. The van der Waals surface area contributed by atoms with Crippen LogP contribution in [0, 0.1) is 18.6 Å². The fraction of sp³-hybridized carbons (Fsp3) is 0.143. The second kappa shape index (κ2) is 8.31. The van der Waals surface area contributed by atoms with Crippen LogP contribution < -0.4 is 4.74 Å². The van der Waals surface area contributed by atoms with E-state index in [4.69, 9.17) is 4.74 Å². The number of aromatic nitrogens is 1. The van der Waals surface area contributed by atoms with Crippen molar-refractivity contribution in [2.75, 3.05) is 7.11 Å². The highest BCUT2D eigenvalue weighted by molar-refractivity contribution is 7.99. The molecule has 3 nitrogen and oxygen atoms in total. The summed E-state index contributed by atoms with van der Waals surface area (Å²) >= 11 is 1.37. The number of carbonyl (C=O) groups is 1. The predicted molar refractivity (Wildman–Crippen MR) is 101 cm³/mol. The molecule has 0 saturated heterocycles. The van der Waals surface area contributed by atoms with Gasteiger partial charge in [-0.1, -0.05) is 0 Å². The fourth-order valence-electron chi connectivity index (χ4n) is 2.73. The normalized spacial score (nSPS) is 11.9. The van der Waals surface area contributed by atoms with Crippen molar-refractivity contribution in [3.05, 3.63) is 88.7 Å². The van der Waals surface area contributed by atoms with Gasteiger partial charge in [0.2, 0.25) is 0 Å². The van der Waals surface area contributed by atoms with Crippen LogP contribution in [0.3, 0.4) is 0 Å². The van der Waals surface area contributed by atoms with Crippen molar-refractivity contribution in [3.63, 3.8) is 0 Å². The number of aldehydes is 1. The average molecular weight is 385 g/mol. The molecule has 0 N–H and O–H groups in total. The maximum absolute atomic E-state index is 14.5. The van der Waals surface area contributed by atoms with Crippen LogP contribution >= 0.6 is 11.8 Å². The Hall–Kier alpha value is -2.73. The number of benzene rings is 2. The third-order valence-corrected chi connectivity index (χ3v) is 5.42. The van der Waals surface area contributed by atoms with Gasteiger partial charge in [-0.05, 0) is 66.6 Å². The van der Waals surface area contributed by atoms with Gasteiger partial charge in [0.05, 0.1) is 12.4 Å². The Balaban J connectivity index is 2.08. The van der Waals surface area contributed by atoms with Gasteiger partial charge in [0, 0.05) is 16.7 Å². The summed E-state index contributed by atoms with van der Waals surface area (Å²) in [6.45, 7) is 1.82. The molecular weight excluding hydrogens is 368 g/mol. The quantitative estimate of drug-likeness (QED) is 0.422. The number of carbonyl (C=O) groups excluding carboxylic acids is 1. The first-order valence-electron chi connectivity index (χ1n) is 8.19. The van der Waals surface area contributed by atoms with Crippen molar-refractivity contribution >= 4 is 18.0 Å². The van der Waals surface area contributed by atoms with E-state index in [1.807, 2.05) is 31.2 Å². The summed E-state index contributed by atoms with van der Waals surface area (Å²) in [6, 6.07) is 12.4. The SMILES string of the molecule is COc1ccc(SC(c2cnc(C=O)cc2C)c2cc(F)ccc2F)cc1. The maximum Gasteiger partial charge on any atom is 0.168 e. The molecule has 0 radical (unpaired) electrons. The van der Waals surface area contributed by atoms with Gasteiger partial charge in [0.1, 0.15) is 23.1 Å². The van der Waals surface area contributed by atoms with Crippen molar-refractivity contribution < 1.29 is 18.3 Å². The first-order chi connectivity index (χ1) is 13.0. The minimum absolute atomic E-state index is 0.222. The highest BCUT2D eigenvalue weighted by Crippen LogP contribution is 2.43. The molecular formula is C21H17F2NO2S. The Morgan fingerprint density at radius 2 is 1.81 bits per heavy atom. The lowest BCUT2D eigenvalue weighted by molar-refractivity contribution is 0.111. The number of aryl methyl sites for hydroxylation is 1. The molecule has 0 bridgehead atoms. The molecule has 0 spiro atoms. The van der Waals surface area contributed by atoms with E-state index in [0.717, 1.165) is 22.6 Å². The lowest BCUT2D eigenvalue weighted by atomic mass is 10.0. The minimum atomic E-state index is -0.526. The van der Waals surface area contributed by atoms with Crippen LogP contribution in [0.1, 0.15) is 32.4 Å². The molecule has 0 aliphatic rings. The number of hydrogen-bond donors (Lipinski definition) is 0. The van der Waals surface area contributed by atoms with Crippen LogP contribution in [-0.2, 0) is 0 Å². The van der Waals surface area contributed by atoms with Crippen molar-refractivity contribution in [1.82, 2.24) is 4.98 Å². The zero-order valence-electron chi connectivity index (χ0n) is 14.8. The zero-order valence-corrected chi connectivity index (χ0v) is 15.6. The van der Waals surface area contributed by atoms with Gasteiger partial charge in [-0.2, -0.15) is 0 Å². The van der Waals surface area contributed by atoms with Gasteiger partial charge in [-0.3, -0.25) is 9.78 Å². The Kier molecular flexibility index (Phi) is 5.86. The van der Waals surface area contributed by atoms with Crippen LogP contribution in [0.2, 0.25) is 0 Å². The zero-order chi connectivity index (χ0) is 19.4.